The maximum absolute atomic E-state index is 6.39. The lowest BCUT2D eigenvalue weighted by Gasteiger charge is -2.21. The minimum absolute atomic E-state index is 0.0872. The van der Waals surface area contributed by atoms with Gasteiger partial charge in [0.25, 0.3) is 0 Å². The summed E-state index contributed by atoms with van der Waals surface area (Å²) < 4.78 is 0. The fourth-order valence-electron chi connectivity index (χ4n) is 2.91. The standard InChI is InChI=1S/C19H18ClN/c1-13-11-12-16(15-8-4-3-7-14(13)15)19(21-2)17-9-5-6-10-18(17)20/h3-12,19,21H,1-2H3. The molecule has 2 heteroatoms. The fourth-order valence-corrected chi connectivity index (χ4v) is 3.16. The average Bonchev–Trinajstić information content (AvgIpc) is 2.52. The molecule has 106 valence electrons. The van der Waals surface area contributed by atoms with Crippen molar-refractivity contribution in [1.82, 2.24) is 5.32 Å². The van der Waals surface area contributed by atoms with Crippen LogP contribution in [0.25, 0.3) is 10.8 Å². The molecule has 0 amide bonds. The number of hydrogen-bond donors (Lipinski definition) is 1. The Kier molecular flexibility index (Phi) is 3.96. The van der Waals surface area contributed by atoms with Crippen LogP contribution in [0.4, 0.5) is 0 Å². The van der Waals surface area contributed by atoms with Gasteiger partial charge in [-0.15, -0.1) is 0 Å². The lowest BCUT2D eigenvalue weighted by Crippen LogP contribution is -2.18. The van der Waals surface area contributed by atoms with Crippen molar-refractivity contribution in [3.8, 4) is 0 Å². The van der Waals surface area contributed by atoms with Crippen molar-refractivity contribution in [2.75, 3.05) is 7.05 Å². The number of nitrogens with one attached hydrogen (secondary N) is 1. The van der Waals surface area contributed by atoms with Gasteiger partial charge in [-0.05, 0) is 47.5 Å². The highest BCUT2D eigenvalue weighted by Crippen LogP contribution is 2.33. The SMILES string of the molecule is CNC(c1ccccc1Cl)c1ccc(C)c2ccccc12. The first kappa shape index (κ1) is 14.1. The third kappa shape index (κ3) is 2.55. The van der Waals surface area contributed by atoms with Gasteiger partial charge < -0.3 is 5.32 Å². The van der Waals surface area contributed by atoms with E-state index in [0.717, 1.165) is 10.6 Å². The van der Waals surface area contributed by atoms with Crippen molar-refractivity contribution in [2.45, 2.75) is 13.0 Å². The Labute approximate surface area is 130 Å². The fraction of sp³-hybridized carbons (Fsp3) is 0.158. The van der Waals surface area contributed by atoms with Crippen LogP contribution in [0.3, 0.4) is 0 Å². The van der Waals surface area contributed by atoms with Gasteiger partial charge in [0.1, 0.15) is 0 Å². The van der Waals surface area contributed by atoms with E-state index in [1.807, 2.05) is 25.2 Å². The molecule has 0 radical (unpaired) electrons. The molecule has 0 fully saturated rings. The summed E-state index contributed by atoms with van der Waals surface area (Å²) in [5.74, 6) is 0. The molecule has 0 aromatic heterocycles. The van der Waals surface area contributed by atoms with Crippen molar-refractivity contribution in [2.24, 2.45) is 0 Å². The Morgan fingerprint density at radius 1 is 0.810 bits per heavy atom. The summed E-state index contributed by atoms with van der Waals surface area (Å²) in [6.07, 6.45) is 0. The largest absolute Gasteiger partial charge is 0.309 e. The molecule has 3 aromatic rings. The van der Waals surface area contributed by atoms with Gasteiger partial charge in [-0.2, -0.15) is 0 Å². The third-order valence-corrected chi connectivity index (χ3v) is 4.34. The van der Waals surface area contributed by atoms with Crippen LogP contribution >= 0.6 is 11.6 Å². The second-order valence-corrected chi connectivity index (χ2v) is 5.67. The Bertz CT molecular complexity index is 779. The van der Waals surface area contributed by atoms with Gasteiger partial charge in [-0.25, -0.2) is 0 Å². The van der Waals surface area contributed by atoms with Crippen LogP contribution in [0.2, 0.25) is 5.02 Å². The number of rotatable bonds is 3. The Morgan fingerprint density at radius 3 is 2.19 bits per heavy atom. The van der Waals surface area contributed by atoms with E-state index >= 15 is 0 Å². The molecule has 0 aliphatic heterocycles. The molecule has 1 atom stereocenters. The van der Waals surface area contributed by atoms with Crippen LogP contribution in [-0.2, 0) is 0 Å². The molecule has 0 spiro atoms. The van der Waals surface area contributed by atoms with Crippen LogP contribution in [0.1, 0.15) is 22.7 Å². The first-order valence-electron chi connectivity index (χ1n) is 7.12. The second kappa shape index (κ2) is 5.88. The summed E-state index contributed by atoms with van der Waals surface area (Å²) in [5.41, 5.74) is 3.66. The van der Waals surface area contributed by atoms with E-state index in [-0.39, 0.29) is 6.04 Å². The zero-order valence-corrected chi connectivity index (χ0v) is 13.0. The molecular formula is C19H18ClN. The topological polar surface area (TPSA) is 12.0 Å². The average molecular weight is 296 g/mol. The maximum Gasteiger partial charge on any atom is 0.0595 e. The molecule has 1 unspecified atom stereocenters. The van der Waals surface area contributed by atoms with E-state index in [9.17, 15) is 0 Å². The van der Waals surface area contributed by atoms with Crippen LogP contribution in [0, 0.1) is 6.92 Å². The molecule has 0 saturated carbocycles. The lowest BCUT2D eigenvalue weighted by molar-refractivity contribution is 0.697. The van der Waals surface area contributed by atoms with E-state index in [4.69, 9.17) is 11.6 Å². The van der Waals surface area contributed by atoms with Gasteiger partial charge in [0.15, 0.2) is 0 Å². The van der Waals surface area contributed by atoms with Crippen LogP contribution in [-0.4, -0.2) is 7.05 Å². The van der Waals surface area contributed by atoms with Gasteiger partial charge in [0, 0.05) is 5.02 Å². The molecule has 0 saturated heterocycles. The Hall–Kier alpha value is -1.83. The second-order valence-electron chi connectivity index (χ2n) is 5.26. The summed E-state index contributed by atoms with van der Waals surface area (Å²) in [4.78, 5) is 0. The Balaban J connectivity index is 2.23. The van der Waals surface area contributed by atoms with Gasteiger partial charge in [0.2, 0.25) is 0 Å². The normalized spacial score (nSPS) is 12.5. The molecular weight excluding hydrogens is 278 g/mol. The van der Waals surface area contributed by atoms with E-state index in [2.05, 4.69) is 54.7 Å². The summed E-state index contributed by atoms with van der Waals surface area (Å²) in [5, 5.41) is 6.76. The lowest BCUT2D eigenvalue weighted by atomic mass is 9.92. The van der Waals surface area contributed by atoms with Crippen molar-refractivity contribution >= 4 is 22.4 Å². The van der Waals surface area contributed by atoms with E-state index in [0.29, 0.717) is 0 Å². The smallest absolute Gasteiger partial charge is 0.0595 e. The molecule has 0 bridgehead atoms. The third-order valence-electron chi connectivity index (χ3n) is 3.99. The van der Waals surface area contributed by atoms with Gasteiger partial charge in [0.05, 0.1) is 6.04 Å². The van der Waals surface area contributed by atoms with E-state index < -0.39 is 0 Å². The number of aryl methyl sites for hydroxylation is 1. The number of halogens is 1. The quantitative estimate of drug-likeness (QED) is 0.708. The molecule has 21 heavy (non-hydrogen) atoms. The van der Waals surface area contributed by atoms with Gasteiger partial charge in [-0.3, -0.25) is 0 Å². The molecule has 3 aromatic carbocycles. The van der Waals surface area contributed by atoms with Gasteiger partial charge in [-0.1, -0.05) is 66.2 Å². The minimum Gasteiger partial charge on any atom is -0.309 e. The minimum atomic E-state index is 0.0872. The van der Waals surface area contributed by atoms with Crippen LogP contribution in [0.15, 0.2) is 60.7 Å². The van der Waals surface area contributed by atoms with E-state index in [1.165, 1.54) is 21.9 Å². The highest BCUT2D eigenvalue weighted by atomic mass is 35.5. The highest BCUT2D eigenvalue weighted by Gasteiger charge is 2.17. The van der Waals surface area contributed by atoms with Crippen molar-refractivity contribution in [3.05, 3.63) is 82.4 Å². The number of hydrogen-bond acceptors (Lipinski definition) is 1. The molecule has 1 nitrogen and oxygen atoms in total. The summed E-state index contributed by atoms with van der Waals surface area (Å²) >= 11 is 6.39. The summed E-state index contributed by atoms with van der Waals surface area (Å²) in [6, 6.07) is 21.0. The molecule has 0 aliphatic carbocycles. The van der Waals surface area contributed by atoms with E-state index in [1.54, 1.807) is 0 Å². The van der Waals surface area contributed by atoms with Crippen molar-refractivity contribution in [1.29, 1.82) is 0 Å². The monoisotopic (exact) mass is 295 g/mol. The first-order chi connectivity index (χ1) is 10.2. The predicted molar refractivity (Wildman–Crippen MR) is 91.0 cm³/mol. The Morgan fingerprint density at radius 2 is 1.48 bits per heavy atom. The predicted octanol–water partition coefficient (Wildman–Crippen LogP) is 5.11. The maximum atomic E-state index is 6.39. The van der Waals surface area contributed by atoms with Crippen LogP contribution < -0.4 is 5.32 Å². The number of fused-ring (bicyclic) bond motifs is 1. The zero-order valence-electron chi connectivity index (χ0n) is 12.2. The zero-order chi connectivity index (χ0) is 14.8. The van der Waals surface area contributed by atoms with Gasteiger partial charge >= 0.3 is 0 Å². The number of benzene rings is 3. The molecule has 3 rings (SSSR count). The summed E-state index contributed by atoms with van der Waals surface area (Å²) in [6.45, 7) is 2.15. The highest BCUT2D eigenvalue weighted by molar-refractivity contribution is 6.31. The summed E-state index contributed by atoms with van der Waals surface area (Å²) in [7, 11) is 1.97. The van der Waals surface area contributed by atoms with Crippen LogP contribution in [0.5, 0.6) is 0 Å². The van der Waals surface area contributed by atoms with Crippen molar-refractivity contribution in [3.63, 3.8) is 0 Å². The molecule has 1 N–H and O–H groups in total. The molecule has 0 aliphatic rings. The first-order valence-corrected chi connectivity index (χ1v) is 7.50. The molecule has 0 heterocycles. The van der Waals surface area contributed by atoms with Crippen molar-refractivity contribution < 1.29 is 0 Å².